The van der Waals surface area contributed by atoms with E-state index in [1.165, 1.54) is 83.1 Å². The molecule has 5 heteroatoms. The van der Waals surface area contributed by atoms with Crippen molar-refractivity contribution in [3.05, 3.63) is 17.2 Å². The minimum atomic E-state index is -1.27. The zero-order chi connectivity index (χ0) is 25.0. The first kappa shape index (κ1) is 30.1. The van der Waals surface area contributed by atoms with E-state index in [1.807, 2.05) is 0 Å². The lowest BCUT2D eigenvalue weighted by atomic mass is 10.00. The summed E-state index contributed by atoms with van der Waals surface area (Å²) in [7, 11) is 0. The third kappa shape index (κ3) is 12.5. The highest BCUT2D eigenvalue weighted by atomic mass is 16.5. The van der Waals surface area contributed by atoms with Crippen LogP contribution in [0.15, 0.2) is 6.07 Å². The van der Waals surface area contributed by atoms with Gasteiger partial charge in [-0.25, -0.2) is 4.79 Å². The molecule has 0 heterocycles. The van der Waals surface area contributed by atoms with Crippen LogP contribution in [0.25, 0.3) is 0 Å². The SMILES string of the molecule is CCCCCCCCCCCCCOc1c(CCCCCCCCC)cc(O)c(O)c1C(=O)O. The molecule has 0 aromatic heterocycles. The number of aromatic carboxylic acids is 1. The second-order valence-corrected chi connectivity index (χ2v) is 9.67. The average molecular weight is 479 g/mol. The van der Waals surface area contributed by atoms with Gasteiger partial charge in [-0.3, -0.25) is 0 Å². The largest absolute Gasteiger partial charge is 0.504 e. The molecule has 1 aromatic rings. The van der Waals surface area contributed by atoms with Gasteiger partial charge in [0.25, 0.3) is 0 Å². The van der Waals surface area contributed by atoms with Crippen LogP contribution in [-0.4, -0.2) is 27.9 Å². The molecule has 196 valence electrons. The maximum Gasteiger partial charge on any atom is 0.343 e. The summed E-state index contributed by atoms with van der Waals surface area (Å²) in [4.78, 5) is 11.8. The Bertz CT molecular complexity index is 671. The lowest BCUT2D eigenvalue weighted by Crippen LogP contribution is -2.08. The van der Waals surface area contributed by atoms with Crippen LogP contribution in [0.4, 0.5) is 0 Å². The fourth-order valence-electron chi connectivity index (χ4n) is 4.46. The molecule has 5 nitrogen and oxygen atoms in total. The molecule has 0 aliphatic carbocycles. The molecule has 0 saturated heterocycles. The van der Waals surface area contributed by atoms with E-state index in [0.29, 0.717) is 18.6 Å². The number of aromatic hydroxyl groups is 2. The number of ether oxygens (including phenoxy) is 1. The van der Waals surface area contributed by atoms with E-state index in [2.05, 4.69) is 13.8 Å². The number of unbranched alkanes of at least 4 members (excludes halogenated alkanes) is 16. The van der Waals surface area contributed by atoms with Gasteiger partial charge in [0.1, 0.15) is 11.3 Å². The number of carboxylic acid groups (broad SMARTS) is 1. The third-order valence-corrected chi connectivity index (χ3v) is 6.57. The minimum Gasteiger partial charge on any atom is -0.504 e. The monoisotopic (exact) mass is 478 g/mol. The molecule has 0 radical (unpaired) electrons. The van der Waals surface area contributed by atoms with E-state index in [4.69, 9.17) is 4.74 Å². The number of rotatable bonds is 22. The van der Waals surface area contributed by atoms with E-state index in [9.17, 15) is 20.1 Å². The van der Waals surface area contributed by atoms with Crippen LogP contribution in [0.2, 0.25) is 0 Å². The summed E-state index contributed by atoms with van der Waals surface area (Å²) in [6.45, 7) is 4.87. The average Bonchev–Trinajstić information content (AvgIpc) is 2.81. The smallest absolute Gasteiger partial charge is 0.343 e. The highest BCUT2D eigenvalue weighted by molar-refractivity contribution is 5.95. The van der Waals surface area contributed by atoms with Crippen molar-refractivity contribution in [3.63, 3.8) is 0 Å². The molecular formula is C29H50O5. The Morgan fingerprint density at radius 1 is 0.706 bits per heavy atom. The second-order valence-electron chi connectivity index (χ2n) is 9.67. The summed E-state index contributed by atoms with van der Waals surface area (Å²) in [6.07, 6.45) is 22.3. The summed E-state index contributed by atoms with van der Waals surface area (Å²) in [5.41, 5.74) is 0.352. The van der Waals surface area contributed by atoms with Crippen molar-refractivity contribution < 1.29 is 24.9 Å². The molecular weight excluding hydrogens is 428 g/mol. The van der Waals surface area contributed by atoms with E-state index in [1.54, 1.807) is 0 Å². The topological polar surface area (TPSA) is 87.0 Å². The molecule has 0 atom stereocenters. The molecule has 1 aromatic carbocycles. The number of phenolic OH excluding ortho intramolecular Hbond substituents is 1. The van der Waals surface area contributed by atoms with Crippen molar-refractivity contribution in [2.75, 3.05) is 6.61 Å². The number of carbonyl (C=O) groups is 1. The maximum atomic E-state index is 11.8. The number of carboxylic acids is 1. The number of benzene rings is 1. The van der Waals surface area contributed by atoms with Gasteiger partial charge in [0.2, 0.25) is 0 Å². The van der Waals surface area contributed by atoms with Gasteiger partial charge in [0.05, 0.1) is 6.61 Å². The Morgan fingerprint density at radius 3 is 1.62 bits per heavy atom. The van der Waals surface area contributed by atoms with Crippen LogP contribution in [0.5, 0.6) is 17.2 Å². The zero-order valence-electron chi connectivity index (χ0n) is 21.9. The lowest BCUT2D eigenvalue weighted by molar-refractivity contribution is 0.0687. The first-order chi connectivity index (χ1) is 16.5. The number of hydrogen-bond donors (Lipinski definition) is 3. The van der Waals surface area contributed by atoms with Crippen molar-refractivity contribution in [1.82, 2.24) is 0 Å². The molecule has 34 heavy (non-hydrogen) atoms. The molecule has 1 rings (SSSR count). The van der Waals surface area contributed by atoms with Gasteiger partial charge in [-0.05, 0) is 30.9 Å². The Hall–Kier alpha value is -1.91. The lowest BCUT2D eigenvalue weighted by Gasteiger charge is -2.16. The highest BCUT2D eigenvalue weighted by Crippen LogP contribution is 2.40. The number of hydrogen-bond acceptors (Lipinski definition) is 4. The summed E-state index contributed by atoms with van der Waals surface area (Å²) >= 11 is 0. The second kappa shape index (κ2) is 19.4. The minimum absolute atomic E-state index is 0.223. The van der Waals surface area contributed by atoms with Crippen LogP contribution >= 0.6 is 0 Å². The number of phenols is 2. The van der Waals surface area contributed by atoms with Gasteiger partial charge < -0.3 is 20.1 Å². The van der Waals surface area contributed by atoms with Crippen molar-refractivity contribution in [1.29, 1.82) is 0 Å². The Morgan fingerprint density at radius 2 is 1.15 bits per heavy atom. The molecule has 0 fully saturated rings. The van der Waals surface area contributed by atoms with Gasteiger partial charge in [-0.1, -0.05) is 117 Å². The van der Waals surface area contributed by atoms with Crippen molar-refractivity contribution >= 4 is 5.97 Å². The van der Waals surface area contributed by atoms with Gasteiger partial charge in [-0.2, -0.15) is 0 Å². The van der Waals surface area contributed by atoms with Crippen molar-refractivity contribution in [3.8, 4) is 17.2 Å². The Labute approximate surface area is 207 Å². The van der Waals surface area contributed by atoms with Crippen LogP contribution in [0.1, 0.15) is 145 Å². The van der Waals surface area contributed by atoms with Gasteiger partial charge in [-0.15, -0.1) is 0 Å². The summed E-state index contributed by atoms with van der Waals surface area (Å²) in [5.74, 6) is -2.05. The third-order valence-electron chi connectivity index (χ3n) is 6.57. The van der Waals surface area contributed by atoms with Crippen LogP contribution in [0, 0.1) is 0 Å². The molecule has 0 aliphatic rings. The molecule has 0 saturated carbocycles. The molecule has 0 bridgehead atoms. The predicted octanol–water partition coefficient (Wildman–Crippen LogP) is 8.78. The van der Waals surface area contributed by atoms with Crippen molar-refractivity contribution in [2.45, 2.75) is 136 Å². The number of aryl methyl sites for hydroxylation is 1. The van der Waals surface area contributed by atoms with Gasteiger partial charge in [0, 0.05) is 0 Å². The fraction of sp³-hybridized carbons (Fsp3) is 0.759. The standard InChI is InChI=1S/C29H50O5/c1-3-5-7-9-11-12-13-14-16-18-20-22-34-28-24(21-19-17-15-10-8-6-4-2)23-25(30)27(31)26(28)29(32)33/h23,30-31H,3-22H2,1-2H3,(H,32,33). The van der Waals surface area contributed by atoms with Crippen LogP contribution in [-0.2, 0) is 6.42 Å². The normalized spacial score (nSPS) is 11.1. The predicted molar refractivity (Wildman–Crippen MR) is 140 cm³/mol. The van der Waals surface area contributed by atoms with Crippen molar-refractivity contribution in [2.24, 2.45) is 0 Å². The quantitative estimate of drug-likeness (QED) is 0.114. The molecule has 0 amide bonds. The van der Waals surface area contributed by atoms with E-state index < -0.39 is 17.5 Å². The summed E-state index contributed by atoms with van der Waals surface area (Å²) in [5, 5.41) is 29.8. The van der Waals surface area contributed by atoms with Crippen LogP contribution < -0.4 is 4.74 Å². The Kier molecular flexibility index (Phi) is 17.2. The Balaban J connectivity index is 2.46. The first-order valence-electron chi connectivity index (χ1n) is 14.0. The molecule has 0 aliphatic heterocycles. The summed E-state index contributed by atoms with van der Waals surface area (Å²) in [6, 6.07) is 1.47. The van der Waals surface area contributed by atoms with Gasteiger partial charge in [0.15, 0.2) is 11.5 Å². The molecule has 3 N–H and O–H groups in total. The fourth-order valence-corrected chi connectivity index (χ4v) is 4.46. The van der Waals surface area contributed by atoms with E-state index in [0.717, 1.165) is 38.5 Å². The first-order valence-corrected chi connectivity index (χ1v) is 14.0. The maximum absolute atomic E-state index is 11.8. The zero-order valence-corrected chi connectivity index (χ0v) is 21.9. The van der Waals surface area contributed by atoms with Gasteiger partial charge >= 0.3 is 5.97 Å². The van der Waals surface area contributed by atoms with E-state index in [-0.39, 0.29) is 11.3 Å². The molecule has 0 unspecified atom stereocenters. The highest BCUT2D eigenvalue weighted by Gasteiger charge is 2.24. The van der Waals surface area contributed by atoms with Crippen LogP contribution in [0.3, 0.4) is 0 Å². The summed E-state index contributed by atoms with van der Waals surface area (Å²) < 4.78 is 5.91. The molecule has 0 spiro atoms. The van der Waals surface area contributed by atoms with E-state index >= 15 is 0 Å².